The predicted molar refractivity (Wildman–Crippen MR) is 114 cm³/mol. The summed E-state index contributed by atoms with van der Waals surface area (Å²) >= 11 is 0. The zero-order valence-electron chi connectivity index (χ0n) is 15.9. The molecule has 3 aromatic carbocycles. The standard InChI is InChI=1S/C22H16N4O3S/c1-30(27,28)18-10-11-20-19(12-18)22(24-14-23-20)29-17-8-6-16(7-9-17)26-21-5-3-2-4-15(21)13-25-26/h2-14H,1H3. The van der Waals surface area contributed by atoms with Crippen LogP contribution in [0.4, 0.5) is 0 Å². The summed E-state index contributed by atoms with van der Waals surface area (Å²) in [5.41, 5.74) is 2.52. The molecule has 0 unspecified atom stereocenters. The van der Waals surface area contributed by atoms with E-state index in [4.69, 9.17) is 4.74 Å². The van der Waals surface area contributed by atoms with Gasteiger partial charge in [-0.3, -0.25) is 0 Å². The van der Waals surface area contributed by atoms with Crippen molar-refractivity contribution in [2.75, 3.05) is 6.26 Å². The molecule has 0 spiro atoms. The van der Waals surface area contributed by atoms with E-state index in [1.807, 2.05) is 59.4 Å². The number of aromatic nitrogens is 4. The van der Waals surface area contributed by atoms with E-state index >= 15 is 0 Å². The van der Waals surface area contributed by atoms with E-state index in [1.54, 1.807) is 6.07 Å². The van der Waals surface area contributed by atoms with Crippen molar-refractivity contribution in [3.8, 4) is 17.3 Å². The van der Waals surface area contributed by atoms with Crippen molar-refractivity contribution in [1.29, 1.82) is 0 Å². The fourth-order valence-corrected chi connectivity index (χ4v) is 3.92. The van der Waals surface area contributed by atoms with E-state index in [-0.39, 0.29) is 4.90 Å². The molecule has 7 nitrogen and oxygen atoms in total. The van der Waals surface area contributed by atoms with Gasteiger partial charge in [0.15, 0.2) is 9.84 Å². The first kappa shape index (κ1) is 18.3. The Balaban J connectivity index is 1.50. The van der Waals surface area contributed by atoms with Gasteiger partial charge in [-0.2, -0.15) is 5.10 Å². The molecular formula is C22H16N4O3S. The van der Waals surface area contributed by atoms with Crippen LogP contribution in [0.15, 0.2) is 84.1 Å². The maximum Gasteiger partial charge on any atom is 0.230 e. The molecule has 2 aromatic heterocycles. The molecule has 0 atom stereocenters. The van der Waals surface area contributed by atoms with Crippen molar-refractivity contribution >= 4 is 31.6 Å². The molecule has 148 valence electrons. The zero-order chi connectivity index (χ0) is 20.7. The third-order valence-electron chi connectivity index (χ3n) is 4.77. The van der Waals surface area contributed by atoms with E-state index in [0.717, 1.165) is 22.8 Å². The molecule has 0 amide bonds. The van der Waals surface area contributed by atoms with Gasteiger partial charge in [-0.05, 0) is 48.5 Å². The van der Waals surface area contributed by atoms with Gasteiger partial charge in [-0.25, -0.2) is 23.1 Å². The lowest BCUT2D eigenvalue weighted by Crippen LogP contribution is -1.98. The van der Waals surface area contributed by atoms with Crippen LogP contribution < -0.4 is 4.74 Å². The highest BCUT2D eigenvalue weighted by atomic mass is 32.2. The molecule has 8 heteroatoms. The lowest BCUT2D eigenvalue weighted by Gasteiger charge is -2.09. The number of benzene rings is 3. The van der Waals surface area contributed by atoms with Crippen LogP contribution in [-0.4, -0.2) is 34.4 Å². The molecule has 0 aliphatic rings. The molecule has 0 aliphatic carbocycles. The minimum Gasteiger partial charge on any atom is -0.438 e. The lowest BCUT2D eigenvalue weighted by molar-refractivity contribution is 0.468. The molecule has 0 radical (unpaired) electrons. The fraction of sp³-hybridized carbons (Fsp3) is 0.0455. The highest BCUT2D eigenvalue weighted by molar-refractivity contribution is 7.90. The molecule has 0 aliphatic heterocycles. The average molecular weight is 416 g/mol. The van der Waals surface area contributed by atoms with Crippen LogP contribution in [0.25, 0.3) is 27.5 Å². The van der Waals surface area contributed by atoms with E-state index in [1.165, 1.54) is 18.5 Å². The summed E-state index contributed by atoms with van der Waals surface area (Å²) < 4.78 is 31.6. The van der Waals surface area contributed by atoms with Gasteiger partial charge in [0.25, 0.3) is 0 Å². The number of hydrogen-bond donors (Lipinski definition) is 0. The second-order valence-electron chi connectivity index (χ2n) is 6.84. The molecule has 2 heterocycles. The molecule has 30 heavy (non-hydrogen) atoms. The minimum atomic E-state index is -3.35. The third kappa shape index (κ3) is 3.27. The Kier molecular flexibility index (Phi) is 4.22. The Labute approximate surface area is 172 Å². The molecule has 0 saturated carbocycles. The molecular weight excluding hydrogens is 400 g/mol. The topological polar surface area (TPSA) is 87.0 Å². The highest BCUT2D eigenvalue weighted by Crippen LogP contribution is 2.29. The zero-order valence-corrected chi connectivity index (χ0v) is 16.7. The summed E-state index contributed by atoms with van der Waals surface area (Å²) in [6.45, 7) is 0. The summed E-state index contributed by atoms with van der Waals surface area (Å²) in [6.07, 6.45) is 4.38. The van der Waals surface area contributed by atoms with Gasteiger partial charge in [0.05, 0.1) is 33.2 Å². The van der Waals surface area contributed by atoms with E-state index in [0.29, 0.717) is 22.5 Å². The Hall–Kier alpha value is -3.78. The van der Waals surface area contributed by atoms with Crippen LogP contribution in [0.3, 0.4) is 0 Å². The first-order valence-corrected chi connectivity index (χ1v) is 11.0. The van der Waals surface area contributed by atoms with Gasteiger partial charge in [-0.15, -0.1) is 0 Å². The number of hydrogen-bond acceptors (Lipinski definition) is 6. The highest BCUT2D eigenvalue weighted by Gasteiger charge is 2.13. The van der Waals surface area contributed by atoms with E-state index < -0.39 is 9.84 Å². The summed E-state index contributed by atoms with van der Waals surface area (Å²) in [5.74, 6) is 0.864. The number of para-hydroxylation sites is 1. The van der Waals surface area contributed by atoms with Crippen LogP contribution in [0.5, 0.6) is 11.6 Å². The SMILES string of the molecule is CS(=O)(=O)c1ccc2ncnc(Oc3ccc(-n4ncc5ccccc54)cc3)c2c1. The smallest absolute Gasteiger partial charge is 0.230 e. The van der Waals surface area contributed by atoms with Gasteiger partial charge >= 0.3 is 0 Å². The van der Waals surface area contributed by atoms with Gasteiger partial charge in [0.2, 0.25) is 5.88 Å². The maximum absolute atomic E-state index is 11.9. The first-order valence-electron chi connectivity index (χ1n) is 9.15. The maximum atomic E-state index is 11.9. The number of fused-ring (bicyclic) bond motifs is 2. The van der Waals surface area contributed by atoms with Crippen LogP contribution >= 0.6 is 0 Å². The van der Waals surface area contributed by atoms with Gasteiger partial charge in [0.1, 0.15) is 12.1 Å². The van der Waals surface area contributed by atoms with Crippen LogP contribution in [0.2, 0.25) is 0 Å². The molecule has 0 bridgehead atoms. The summed E-state index contributed by atoms with van der Waals surface area (Å²) in [5, 5.41) is 6.04. The summed E-state index contributed by atoms with van der Waals surface area (Å²) in [6, 6.07) is 20.1. The molecule has 0 fully saturated rings. The van der Waals surface area contributed by atoms with Crippen molar-refractivity contribution in [2.24, 2.45) is 0 Å². The Morgan fingerprint density at radius 3 is 2.53 bits per heavy atom. The van der Waals surface area contributed by atoms with Crippen LogP contribution in [0.1, 0.15) is 0 Å². The normalized spacial score (nSPS) is 11.8. The monoisotopic (exact) mass is 416 g/mol. The molecule has 5 aromatic rings. The number of rotatable bonds is 4. The van der Waals surface area contributed by atoms with Crippen molar-refractivity contribution in [3.63, 3.8) is 0 Å². The number of sulfone groups is 1. The van der Waals surface area contributed by atoms with E-state index in [9.17, 15) is 8.42 Å². The van der Waals surface area contributed by atoms with Gasteiger partial charge < -0.3 is 4.74 Å². The second kappa shape index (κ2) is 6.93. The third-order valence-corrected chi connectivity index (χ3v) is 5.88. The van der Waals surface area contributed by atoms with Crippen molar-refractivity contribution in [2.45, 2.75) is 4.90 Å². The largest absolute Gasteiger partial charge is 0.438 e. The predicted octanol–water partition coefficient (Wildman–Crippen LogP) is 4.16. The van der Waals surface area contributed by atoms with Crippen molar-refractivity contribution in [3.05, 3.63) is 79.3 Å². The Bertz CT molecular complexity index is 1490. The molecule has 0 N–H and O–H groups in total. The Morgan fingerprint density at radius 2 is 1.73 bits per heavy atom. The Morgan fingerprint density at radius 1 is 0.933 bits per heavy atom. The first-order chi connectivity index (χ1) is 14.5. The quantitative estimate of drug-likeness (QED) is 0.437. The van der Waals surface area contributed by atoms with Gasteiger partial charge in [0, 0.05) is 11.6 Å². The van der Waals surface area contributed by atoms with Crippen molar-refractivity contribution in [1.82, 2.24) is 19.7 Å². The fourth-order valence-electron chi connectivity index (χ4n) is 3.27. The summed E-state index contributed by atoms with van der Waals surface area (Å²) in [4.78, 5) is 8.57. The second-order valence-corrected chi connectivity index (χ2v) is 8.86. The lowest BCUT2D eigenvalue weighted by atomic mass is 10.2. The number of nitrogens with zero attached hydrogens (tertiary/aromatic N) is 4. The summed E-state index contributed by atoms with van der Waals surface area (Å²) in [7, 11) is -3.35. The van der Waals surface area contributed by atoms with Gasteiger partial charge in [-0.1, -0.05) is 18.2 Å². The van der Waals surface area contributed by atoms with E-state index in [2.05, 4.69) is 15.1 Å². The molecule has 5 rings (SSSR count). The van der Waals surface area contributed by atoms with Crippen LogP contribution in [-0.2, 0) is 9.84 Å². The van der Waals surface area contributed by atoms with Crippen molar-refractivity contribution < 1.29 is 13.2 Å². The average Bonchev–Trinajstić information content (AvgIpc) is 3.18. The number of ether oxygens (including phenoxy) is 1. The molecule has 0 saturated heterocycles. The minimum absolute atomic E-state index is 0.190. The van der Waals surface area contributed by atoms with Crippen LogP contribution in [0, 0.1) is 0 Å².